The predicted octanol–water partition coefficient (Wildman–Crippen LogP) is 5.58. The van der Waals surface area contributed by atoms with Crippen LogP contribution in [0, 0.1) is 26.4 Å². The number of carbonyl (C=O) groups is 1. The average Bonchev–Trinajstić information content (AvgIpc) is 3.19. The summed E-state index contributed by atoms with van der Waals surface area (Å²) in [4.78, 5) is 27.4. The molecule has 35 heavy (non-hydrogen) atoms. The second kappa shape index (κ2) is 10.2. The van der Waals surface area contributed by atoms with Crippen LogP contribution in [-0.4, -0.2) is 23.9 Å². The van der Waals surface area contributed by atoms with Gasteiger partial charge in [-0.05, 0) is 77.0 Å². The van der Waals surface area contributed by atoms with Crippen molar-refractivity contribution in [2.24, 2.45) is 4.99 Å². The Morgan fingerprint density at radius 2 is 1.91 bits per heavy atom. The van der Waals surface area contributed by atoms with Gasteiger partial charge in [0, 0.05) is 17.2 Å². The molecule has 0 spiro atoms. The molecule has 1 heterocycles. The monoisotopic (exact) mass is 588 g/mol. The minimum Gasteiger partial charge on any atom is -0.493 e. The molecule has 10 heteroatoms. The van der Waals surface area contributed by atoms with Crippen molar-refractivity contribution < 1.29 is 28.3 Å². The highest BCUT2D eigenvalue weighted by atomic mass is 127. The predicted molar refractivity (Wildman–Crippen MR) is 135 cm³/mol. The number of hydrogen-bond acceptors (Lipinski definition) is 7. The highest BCUT2D eigenvalue weighted by Gasteiger charge is 2.26. The first-order chi connectivity index (χ1) is 16.7. The van der Waals surface area contributed by atoms with E-state index in [1.165, 1.54) is 31.4 Å². The van der Waals surface area contributed by atoms with Gasteiger partial charge >= 0.3 is 5.97 Å². The van der Waals surface area contributed by atoms with Gasteiger partial charge in [0.05, 0.1) is 15.6 Å². The quantitative estimate of drug-likeness (QED) is 0.118. The summed E-state index contributed by atoms with van der Waals surface area (Å²) < 4.78 is 30.5. The van der Waals surface area contributed by atoms with Crippen LogP contribution in [0.2, 0.25) is 0 Å². The molecule has 0 atom stereocenters. The van der Waals surface area contributed by atoms with Gasteiger partial charge in [-0.15, -0.1) is 0 Å². The highest BCUT2D eigenvalue weighted by molar-refractivity contribution is 14.1. The molecule has 8 nitrogen and oxygen atoms in total. The normalized spacial score (nSPS) is 14.0. The zero-order valence-electron chi connectivity index (χ0n) is 18.6. The van der Waals surface area contributed by atoms with E-state index < -0.39 is 10.9 Å². The van der Waals surface area contributed by atoms with Crippen LogP contribution in [0.15, 0.2) is 65.3 Å². The van der Waals surface area contributed by atoms with E-state index in [9.17, 15) is 19.3 Å². The lowest BCUT2D eigenvalue weighted by Crippen LogP contribution is -2.06. The van der Waals surface area contributed by atoms with Crippen molar-refractivity contribution in [3.8, 4) is 11.5 Å². The summed E-state index contributed by atoms with van der Waals surface area (Å²) in [5.41, 5.74) is 2.18. The maximum Gasteiger partial charge on any atom is 0.363 e. The van der Waals surface area contributed by atoms with E-state index in [-0.39, 0.29) is 29.7 Å². The van der Waals surface area contributed by atoms with Gasteiger partial charge in [0.2, 0.25) is 5.90 Å². The molecule has 3 aromatic carbocycles. The average molecular weight is 588 g/mol. The van der Waals surface area contributed by atoms with Gasteiger partial charge in [-0.2, -0.15) is 0 Å². The molecule has 0 fully saturated rings. The molecule has 1 aliphatic heterocycles. The Labute approximate surface area is 213 Å². The second-order valence-electron chi connectivity index (χ2n) is 7.54. The Hall–Kier alpha value is -3.80. The number of methoxy groups -OCH3 is 1. The molecule has 0 saturated carbocycles. The van der Waals surface area contributed by atoms with Crippen molar-refractivity contribution in [2.75, 3.05) is 7.11 Å². The lowest BCUT2D eigenvalue weighted by molar-refractivity contribution is -0.385. The van der Waals surface area contributed by atoms with Crippen LogP contribution in [0.25, 0.3) is 6.08 Å². The lowest BCUT2D eigenvalue weighted by atomic mass is 10.1. The summed E-state index contributed by atoms with van der Waals surface area (Å²) in [6.07, 6.45) is 1.53. The second-order valence-corrected chi connectivity index (χ2v) is 8.71. The number of aryl methyl sites for hydroxylation is 1. The Morgan fingerprint density at radius 3 is 2.60 bits per heavy atom. The fraction of sp³-hybridized carbons (Fsp3) is 0.120. The van der Waals surface area contributed by atoms with Crippen molar-refractivity contribution in [3.63, 3.8) is 0 Å². The number of nitro groups is 1. The number of nitrogens with zero attached hydrogens (tertiary/aromatic N) is 2. The number of esters is 1. The van der Waals surface area contributed by atoms with Gasteiger partial charge < -0.3 is 14.2 Å². The highest BCUT2D eigenvalue weighted by Crippen LogP contribution is 2.35. The van der Waals surface area contributed by atoms with Crippen molar-refractivity contribution >= 4 is 46.2 Å². The smallest absolute Gasteiger partial charge is 0.363 e. The molecule has 4 rings (SSSR count). The van der Waals surface area contributed by atoms with Crippen LogP contribution in [0.3, 0.4) is 0 Å². The molecule has 3 aromatic rings. The van der Waals surface area contributed by atoms with E-state index in [2.05, 4.69) is 27.6 Å². The topological polar surface area (TPSA) is 100 Å². The van der Waals surface area contributed by atoms with E-state index >= 15 is 0 Å². The van der Waals surface area contributed by atoms with Gasteiger partial charge in [-0.3, -0.25) is 10.1 Å². The minimum absolute atomic E-state index is 0.00902. The van der Waals surface area contributed by atoms with Crippen LogP contribution in [0.1, 0.15) is 22.3 Å². The Balaban J connectivity index is 1.60. The van der Waals surface area contributed by atoms with Crippen molar-refractivity contribution in [3.05, 3.63) is 102 Å². The van der Waals surface area contributed by atoms with E-state index in [4.69, 9.17) is 14.2 Å². The van der Waals surface area contributed by atoms with Crippen LogP contribution >= 0.6 is 22.6 Å². The van der Waals surface area contributed by atoms with E-state index in [1.807, 2.05) is 0 Å². The summed E-state index contributed by atoms with van der Waals surface area (Å²) in [6.45, 7) is 1.84. The molecule has 0 aliphatic carbocycles. The molecule has 0 unspecified atom stereocenters. The number of carbonyl (C=O) groups excluding carboxylic acids is 1. The number of rotatable bonds is 7. The number of nitro benzene ring substituents is 1. The Bertz CT molecular complexity index is 1390. The number of aliphatic imine (C=N–C) groups is 1. The molecule has 1 aliphatic rings. The molecule has 178 valence electrons. The van der Waals surface area contributed by atoms with Gasteiger partial charge in [-0.25, -0.2) is 14.2 Å². The zero-order valence-corrected chi connectivity index (χ0v) is 20.7. The minimum atomic E-state index is -0.672. The molecule has 0 N–H and O–H groups in total. The number of halogens is 2. The van der Waals surface area contributed by atoms with E-state index in [0.717, 1.165) is 9.13 Å². The van der Waals surface area contributed by atoms with Crippen LogP contribution in [-0.2, 0) is 16.1 Å². The van der Waals surface area contributed by atoms with Crippen LogP contribution in [0.5, 0.6) is 11.5 Å². The van der Waals surface area contributed by atoms with Gasteiger partial charge in [0.1, 0.15) is 12.4 Å². The maximum absolute atomic E-state index is 13.1. The first-order valence-corrected chi connectivity index (χ1v) is 11.4. The third kappa shape index (κ3) is 5.48. The standard InChI is InChI=1S/C25H18FIN2O6/c1-14-3-6-17(12-21(14)29(31)32)24-28-20(25(30)35-24)10-16-9-19(27)23(22(11-16)33-2)34-13-15-4-7-18(26)8-5-15/h3-12H,13H2,1-2H3/b20-10+. The summed E-state index contributed by atoms with van der Waals surface area (Å²) in [5, 5.41) is 11.2. The summed E-state index contributed by atoms with van der Waals surface area (Å²) >= 11 is 2.09. The van der Waals surface area contributed by atoms with Crippen molar-refractivity contribution in [2.45, 2.75) is 13.5 Å². The summed E-state index contributed by atoms with van der Waals surface area (Å²) in [6, 6.07) is 14.0. The fourth-order valence-corrected chi connectivity index (χ4v) is 4.11. The third-order valence-corrected chi connectivity index (χ3v) is 5.93. The van der Waals surface area contributed by atoms with E-state index in [1.54, 1.807) is 43.3 Å². The SMILES string of the molecule is COc1cc(/C=C2/N=C(c3ccc(C)c([N+](=O)[O-])c3)OC2=O)cc(I)c1OCc1ccc(F)cc1. The van der Waals surface area contributed by atoms with Crippen LogP contribution in [0.4, 0.5) is 10.1 Å². The first-order valence-electron chi connectivity index (χ1n) is 10.3. The molecule has 0 radical (unpaired) electrons. The Kier molecular flexibility index (Phi) is 7.10. The van der Waals surface area contributed by atoms with Crippen molar-refractivity contribution in [1.29, 1.82) is 0 Å². The maximum atomic E-state index is 13.1. The van der Waals surface area contributed by atoms with Gasteiger partial charge in [-0.1, -0.05) is 18.2 Å². The third-order valence-electron chi connectivity index (χ3n) is 5.12. The zero-order chi connectivity index (χ0) is 25.1. The first kappa shape index (κ1) is 24.3. The molecule has 0 amide bonds. The number of cyclic esters (lactones) is 1. The molecular weight excluding hydrogens is 570 g/mol. The van der Waals surface area contributed by atoms with Crippen molar-refractivity contribution in [1.82, 2.24) is 0 Å². The fourth-order valence-electron chi connectivity index (χ4n) is 3.33. The summed E-state index contributed by atoms with van der Waals surface area (Å²) in [5.74, 6) is -0.0606. The number of ether oxygens (including phenoxy) is 3. The summed E-state index contributed by atoms with van der Waals surface area (Å²) in [7, 11) is 1.50. The largest absolute Gasteiger partial charge is 0.493 e. The molecule has 0 aromatic heterocycles. The van der Waals surface area contributed by atoms with Crippen LogP contribution < -0.4 is 9.47 Å². The number of benzene rings is 3. The Morgan fingerprint density at radius 1 is 1.17 bits per heavy atom. The molecular formula is C25H18FIN2O6. The lowest BCUT2D eigenvalue weighted by Gasteiger charge is -2.14. The van der Waals surface area contributed by atoms with Gasteiger partial charge in [0.25, 0.3) is 5.69 Å². The molecule has 0 bridgehead atoms. The van der Waals surface area contributed by atoms with Gasteiger partial charge in [0.15, 0.2) is 17.2 Å². The van der Waals surface area contributed by atoms with E-state index in [0.29, 0.717) is 28.2 Å². The molecule has 0 saturated heterocycles. The number of hydrogen-bond donors (Lipinski definition) is 0.